The molecule has 1 saturated heterocycles. The summed E-state index contributed by atoms with van der Waals surface area (Å²) in [4.78, 5) is 21.7. The van der Waals surface area contributed by atoms with Crippen molar-refractivity contribution in [2.75, 3.05) is 43.4 Å². The van der Waals surface area contributed by atoms with E-state index in [2.05, 4.69) is 58.3 Å². The normalized spacial score (nSPS) is 14.6. The summed E-state index contributed by atoms with van der Waals surface area (Å²) in [6, 6.07) is 13.8. The number of amides is 1. The van der Waals surface area contributed by atoms with E-state index in [0.29, 0.717) is 29.1 Å². The number of nitrogens with zero attached hydrogens (tertiary/aromatic N) is 4. The predicted octanol–water partition coefficient (Wildman–Crippen LogP) is 4.84. The highest BCUT2D eigenvalue weighted by Gasteiger charge is 2.19. The molecular formula is C25H30ClN5O2. The number of nitrogens with one attached hydrogen (secondary N) is 1. The third-order valence-electron chi connectivity index (χ3n) is 5.95. The van der Waals surface area contributed by atoms with Gasteiger partial charge >= 0.3 is 0 Å². The summed E-state index contributed by atoms with van der Waals surface area (Å²) in [6.45, 7) is 8.09. The molecule has 0 unspecified atom stereocenters. The molecule has 4 rings (SSSR count). The first-order valence-corrected chi connectivity index (χ1v) is 11.7. The number of aromatic nitrogens is 2. The number of anilines is 2. The summed E-state index contributed by atoms with van der Waals surface area (Å²) in [7, 11) is 2.12. The van der Waals surface area contributed by atoms with Crippen molar-refractivity contribution in [3.63, 3.8) is 0 Å². The molecule has 0 saturated carbocycles. The van der Waals surface area contributed by atoms with Gasteiger partial charge in [0.2, 0.25) is 17.6 Å². The van der Waals surface area contributed by atoms with Crippen LogP contribution in [0.5, 0.6) is 0 Å². The van der Waals surface area contributed by atoms with Crippen LogP contribution in [0.4, 0.5) is 11.4 Å². The average molecular weight is 468 g/mol. The van der Waals surface area contributed by atoms with E-state index in [-0.39, 0.29) is 12.3 Å². The average Bonchev–Trinajstić information content (AvgIpc) is 3.28. The van der Waals surface area contributed by atoms with Gasteiger partial charge in [-0.1, -0.05) is 54.9 Å². The minimum atomic E-state index is -0.117. The van der Waals surface area contributed by atoms with Crippen LogP contribution >= 0.6 is 11.6 Å². The van der Waals surface area contributed by atoms with Crippen LogP contribution in [-0.2, 0) is 11.2 Å². The Morgan fingerprint density at radius 1 is 1.12 bits per heavy atom. The molecule has 1 aliphatic rings. The number of benzene rings is 2. The highest BCUT2D eigenvalue weighted by atomic mass is 35.5. The second kappa shape index (κ2) is 10.4. The van der Waals surface area contributed by atoms with Crippen molar-refractivity contribution in [2.45, 2.75) is 32.6 Å². The van der Waals surface area contributed by atoms with Crippen molar-refractivity contribution in [1.82, 2.24) is 15.0 Å². The fraction of sp³-hybridized carbons (Fsp3) is 0.400. The van der Waals surface area contributed by atoms with Crippen LogP contribution in [-0.4, -0.2) is 54.2 Å². The zero-order valence-electron chi connectivity index (χ0n) is 19.3. The van der Waals surface area contributed by atoms with Crippen LogP contribution in [0.3, 0.4) is 0 Å². The molecule has 0 aliphatic carbocycles. The van der Waals surface area contributed by atoms with E-state index in [1.165, 1.54) is 5.56 Å². The summed E-state index contributed by atoms with van der Waals surface area (Å²) in [5, 5.41) is 7.68. The number of halogens is 1. The van der Waals surface area contributed by atoms with E-state index in [1.54, 1.807) is 6.07 Å². The van der Waals surface area contributed by atoms with E-state index in [1.807, 2.05) is 24.3 Å². The van der Waals surface area contributed by atoms with Gasteiger partial charge in [-0.15, -0.1) is 0 Å². The molecule has 174 valence electrons. The lowest BCUT2D eigenvalue weighted by Crippen LogP contribution is -2.44. The van der Waals surface area contributed by atoms with Gasteiger partial charge in [0.05, 0.1) is 11.4 Å². The molecule has 0 atom stereocenters. The van der Waals surface area contributed by atoms with Crippen molar-refractivity contribution in [3.05, 3.63) is 58.9 Å². The van der Waals surface area contributed by atoms with Crippen LogP contribution < -0.4 is 10.2 Å². The van der Waals surface area contributed by atoms with E-state index < -0.39 is 0 Å². The molecule has 1 fully saturated rings. The number of aryl methyl sites for hydroxylation is 1. The molecular weight excluding hydrogens is 438 g/mol. The number of carbonyl (C=O) groups is 1. The first-order chi connectivity index (χ1) is 15.9. The van der Waals surface area contributed by atoms with Crippen LogP contribution in [0.25, 0.3) is 11.4 Å². The molecule has 2 heterocycles. The Bertz CT molecular complexity index is 1090. The van der Waals surface area contributed by atoms with Crippen LogP contribution in [0.2, 0.25) is 5.02 Å². The number of hydrogen-bond acceptors (Lipinski definition) is 6. The Kier molecular flexibility index (Phi) is 7.30. The number of rotatable bonds is 7. The van der Waals surface area contributed by atoms with Crippen molar-refractivity contribution < 1.29 is 9.32 Å². The maximum Gasteiger partial charge on any atom is 0.227 e. The van der Waals surface area contributed by atoms with Gasteiger partial charge in [-0.25, -0.2) is 0 Å². The smallest absolute Gasteiger partial charge is 0.227 e. The van der Waals surface area contributed by atoms with Gasteiger partial charge in [-0.2, -0.15) is 4.98 Å². The monoisotopic (exact) mass is 467 g/mol. The van der Waals surface area contributed by atoms with Gasteiger partial charge < -0.3 is 19.6 Å². The molecule has 1 aliphatic heterocycles. The third kappa shape index (κ3) is 5.92. The number of carbonyl (C=O) groups excluding carboxylic acids is 1. The topological polar surface area (TPSA) is 74.5 Å². The van der Waals surface area contributed by atoms with Crippen LogP contribution in [0.1, 0.15) is 37.6 Å². The molecule has 0 bridgehead atoms. The standard InChI is InChI=1S/C25H30ClN5O2/c1-17(2)18-4-6-19(7-5-18)25-28-24(33-29-25)11-10-23(32)27-21-16-20(26)8-9-22(21)31-14-12-30(3)13-15-31/h4-9,16-17H,10-15H2,1-3H3,(H,27,32). The molecule has 3 aromatic rings. The first kappa shape index (κ1) is 23.3. The SMILES string of the molecule is CC(C)c1ccc(-c2noc(CCC(=O)Nc3cc(Cl)ccc3N3CCN(C)CC3)n2)cc1. The largest absolute Gasteiger partial charge is 0.367 e. The fourth-order valence-electron chi connectivity index (χ4n) is 3.86. The van der Waals surface area contributed by atoms with Gasteiger partial charge in [-0.3, -0.25) is 4.79 Å². The zero-order chi connectivity index (χ0) is 23.4. The van der Waals surface area contributed by atoms with E-state index in [9.17, 15) is 4.79 Å². The highest BCUT2D eigenvalue weighted by Crippen LogP contribution is 2.30. The molecule has 0 spiro atoms. The van der Waals surface area contributed by atoms with E-state index >= 15 is 0 Å². The van der Waals surface area contributed by atoms with E-state index in [4.69, 9.17) is 16.1 Å². The second-order valence-corrected chi connectivity index (χ2v) is 9.22. The Hall–Kier alpha value is -2.90. The Balaban J connectivity index is 1.37. The fourth-order valence-corrected chi connectivity index (χ4v) is 4.03. The summed E-state index contributed by atoms with van der Waals surface area (Å²) >= 11 is 6.21. The Morgan fingerprint density at radius 3 is 2.55 bits per heavy atom. The van der Waals surface area contributed by atoms with Gasteiger partial charge in [0.1, 0.15) is 0 Å². The van der Waals surface area contributed by atoms with E-state index in [0.717, 1.165) is 43.1 Å². The summed E-state index contributed by atoms with van der Waals surface area (Å²) in [5.74, 6) is 1.33. The number of likely N-dealkylation sites (N-methyl/N-ethyl adjacent to an activating group) is 1. The molecule has 1 aromatic heterocycles. The van der Waals surface area contributed by atoms with Crippen molar-refractivity contribution in [2.24, 2.45) is 0 Å². The maximum atomic E-state index is 12.7. The molecule has 33 heavy (non-hydrogen) atoms. The summed E-state index contributed by atoms with van der Waals surface area (Å²) in [6.07, 6.45) is 0.607. The van der Waals surface area contributed by atoms with Gasteiger partial charge in [0, 0.05) is 49.6 Å². The lowest BCUT2D eigenvalue weighted by Gasteiger charge is -2.35. The lowest BCUT2D eigenvalue weighted by molar-refractivity contribution is -0.116. The predicted molar refractivity (Wildman–Crippen MR) is 132 cm³/mol. The van der Waals surface area contributed by atoms with Crippen molar-refractivity contribution in [1.29, 1.82) is 0 Å². The summed E-state index contributed by atoms with van der Waals surface area (Å²) < 4.78 is 5.37. The van der Waals surface area contributed by atoms with Crippen LogP contribution in [0.15, 0.2) is 47.0 Å². The molecule has 0 radical (unpaired) electrons. The molecule has 1 N–H and O–H groups in total. The highest BCUT2D eigenvalue weighted by molar-refractivity contribution is 6.31. The second-order valence-electron chi connectivity index (χ2n) is 8.79. The van der Waals surface area contributed by atoms with Crippen molar-refractivity contribution >= 4 is 28.9 Å². The number of hydrogen-bond donors (Lipinski definition) is 1. The molecule has 2 aromatic carbocycles. The zero-order valence-corrected chi connectivity index (χ0v) is 20.1. The molecule has 1 amide bonds. The Morgan fingerprint density at radius 2 is 1.85 bits per heavy atom. The van der Waals surface area contributed by atoms with Crippen LogP contribution in [0, 0.1) is 0 Å². The Labute approximate surface area is 199 Å². The molecule has 7 nitrogen and oxygen atoms in total. The minimum absolute atomic E-state index is 0.117. The maximum absolute atomic E-state index is 12.7. The van der Waals surface area contributed by atoms with Gasteiger partial charge in [0.15, 0.2) is 0 Å². The van der Waals surface area contributed by atoms with Gasteiger partial charge in [-0.05, 0) is 36.7 Å². The number of piperazine rings is 1. The molecule has 8 heteroatoms. The first-order valence-electron chi connectivity index (χ1n) is 11.3. The quantitative estimate of drug-likeness (QED) is 0.536. The third-order valence-corrected chi connectivity index (χ3v) is 6.18. The van der Waals surface area contributed by atoms with Gasteiger partial charge in [0.25, 0.3) is 0 Å². The lowest BCUT2D eigenvalue weighted by atomic mass is 10.0. The van der Waals surface area contributed by atoms with Crippen molar-refractivity contribution in [3.8, 4) is 11.4 Å². The summed E-state index contributed by atoms with van der Waals surface area (Å²) in [5.41, 5.74) is 3.88. The minimum Gasteiger partial charge on any atom is -0.367 e.